The second kappa shape index (κ2) is 7.72. The van der Waals surface area contributed by atoms with Crippen LogP contribution in [0.15, 0.2) is 16.6 Å². The van der Waals surface area contributed by atoms with Crippen LogP contribution in [-0.2, 0) is 11.3 Å². The third-order valence-electron chi connectivity index (χ3n) is 4.09. The number of benzene rings is 1. The third-order valence-corrected chi connectivity index (χ3v) is 4.95. The lowest BCUT2D eigenvalue weighted by Crippen LogP contribution is -2.42. The lowest BCUT2D eigenvalue weighted by atomic mass is 10.1. The zero-order chi connectivity index (χ0) is 17.9. The molecule has 24 heavy (non-hydrogen) atoms. The molecule has 0 aromatic heterocycles. The smallest absolute Gasteiger partial charge is 0.410 e. The molecular weight excluding hydrogens is 377 g/mol. The average Bonchev–Trinajstić information content (AvgIpc) is 3.00. The maximum atomic E-state index is 14.0. The van der Waals surface area contributed by atoms with Crippen LogP contribution in [0.2, 0.25) is 0 Å². The summed E-state index contributed by atoms with van der Waals surface area (Å²) in [5.41, 5.74) is 0.0484. The molecule has 0 aliphatic heterocycles. The number of hydrogen-bond donors (Lipinski definition) is 0. The second-order valence-corrected chi connectivity index (χ2v) is 7.88. The van der Waals surface area contributed by atoms with Crippen molar-refractivity contribution in [3.63, 3.8) is 0 Å². The van der Waals surface area contributed by atoms with Crippen molar-refractivity contribution in [2.75, 3.05) is 7.11 Å². The predicted octanol–water partition coefficient (Wildman–Crippen LogP) is 5.28. The van der Waals surface area contributed by atoms with Crippen LogP contribution in [0.25, 0.3) is 0 Å². The van der Waals surface area contributed by atoms with Crippen molar-refractivity contribution < 1.29 is 18.7 Å². The number of hydrogen-bond acceptors (Lipinski definition) is 3. The Kier molecular flexibility index (Phi) is 6.12. The minimum absolute atomic E-state index is 0.111. The van der Waals surface area contributed by atoms with Gasteiger partial charge < -0.3 is 14.4 Å². The molecule has 6 heteroatoms. The van der Waals surface area contributed by atoms with Gasteiger partial charge in [0.1, 0.15) is 17.2 Å². The molecule has 0 N–H and O–H groups in total. The van der Waals surface area contributed by atoms with Gasteiger partial charge in [0.15, 0.2) is 0 Å². The first-order valence-electron chi connectivity index (χ1n) is 8.23. The summed E-state index contributed by atoms with van der Waals surface area (Å²) in [6.45, 7) is 5.78. The summed E-state index contributed by atoms with van der Waals surface area (Å²) in [6.07, 6.45) is 3.69. The first-order valence-corrected chi connectivity index (χ1v) is 9.02. The Labute approximate surface area is 151 Å². The van der Waals surface area contributed by atoms with Crippen LogP contribution in [0, 0.1) is 5.82 Å². The van der Waals surface area contributed by atoms with Crippen LogP contribution in [0.1, 0.15) is 52.0 Å². The fourth-order valence-electron chi connectivity index (χ4n) is 2.96. The van der Waals surface area contributed by atoms with Gasteiger partial charge in [-0.1, -0.05) is 12.8 Å². The van der Waals surface area contributed by atoms with Gasteiger partial charge in [-0.25, -0.2) is 9.18 Å². The quantitative estimate of drug-likeness (QED) is 0.688. The van der Waals surface area contributed by atoms with Gasteiger partial charge in [-0.05, 0) is 61.7 Å². The van der Waals surface area contributed by atoms with Gasteiger partial charge in [0, 0.05) is 11.6 Å². The molecule has 1 aliphatic rings. The van der Waals surface area contributed by atoms with Crippen molar-refractivity contribution in [3.05, 3.63) is 28.0 Å². The number of rotatable bonds is 4. The van der Waals surface area contributed by atoms with Gasteiger partial charge in [-0.2, -0.15) is 0 Å². The normalized spacial score (nSPS) is 15.4. The van der Waals surface area contributed by atoms with Crippen LogP contribution in [-0.4, -0.2) is 29.7 Å². The molecule has 0 radical (unpaired) electrons. The molecule has 0 bridgehead atoms. The van der Waals surface area contributed by atoms with Gasteiger partial charge in [-0.15, -0.1) is 0 Å². The molecular formula is C18H25BrFNO3. The maximum absolute atomic E-state index is 14.0. The number of ether oxygens (including phenoxy) is 2. The largest absolute Gasteiger partial charge is 0.496 e. The summed E-state index contributed by atoms with van der Waals surface area (Å²) in [5.74, 6) is 0.177. The molecule has 134 valence electrons. The molecule has 1 amide bonds. The number of halogens is 2. The minimum atomic E-state index is -0.572. The second-order valence-electron chi connectivity index (χ2n) is 7.09. The van der Waals surface area contributed by atoms with Gasteiger partial charge in [-0.3, -0.25) is 0 Å². The number of methoxy groups -OCH3 is 1. The predicted molar refractivity (Wildman–Crippen MR) is 94.7 cm³/mol. The van der Waals surface area contributed by atoms with Crippen molar-refractivity contribution in [1.29, 1.82) is 0 Å². The molecule has 0 unspecified atom stereocenters. The summed E-state index contributed by atoms with van der Waals surface area (Å²) in [6, 6.07) is 3.04. The van der Waals surface area contributed by atoms with E-state index in [2.05, 4.69) is 15.9 Å². The Hall–Kier alpha value is -1.30. The van der Waals surface area contributed by atoms with Crippen molar-refractivity contribution >= 4 is 22.0 Å². The Morgan fingerprint density at radius 3 is 2.50 bits per heavy atom. The fourth-order valence-corrected chi connectivity index (χ4v) is 3.42. The number of carbonyl (C=O) groups is 1. The van der Waals surface area contributed by atoms with E-state index in [1.54, 1.807) is 11.0 Å². The molecule has 1 aromatic rings. The topological polar surface area (TPSA) is 38.8 Å². The van der Waals surface area contributed by atoms with E-state index >= 15 is 0 Å². The lowest BCUT2D eigenvalue weighted by Gasteiger charge is -2.32. The van der Waals surface area contributed by atoms with E-state index < -0.39 is 5.60 Å². The highest BCUT2D eigenvalue weighted by Gasteiger charge is 2.31. The van der Waals surface area contributed by atoms with Crippen LogP contribution >= 0.6 is 15.9 Å². The van der Waals surface area contributed by atoms with Gasteiger partial charge in [0.25, 0.3) is 0 Å². The van der Waals surface area contributed by atoms with Crippen LogP contribution in [0.3, 0.4) is 0 Å². The zero-order valence-corrected chi connectivity index (χ0v) is 16.3. The van der Waals surface area contributed by atoms with Crippen molar-refractivity contribution in [3.8, 4) is 5.75 Å². The number of nitrogens with zero attached hydrogens (tertiary/aromatic N) is 1. The summed E-state index contributed by atoms with van der Waals surface area (Å²) in [4.78, 5) is 14.4. The molecule has 0 spiro atoms. The Bertz CT molecular complexity index is 595. The highest BCUT2D eigenvalue weighted by molar-refractivity contribution is 9.10. The van der Waals surface area contributed by atoms with Crippen LogP contribution < -0.4 is 4.74 Å². The van der Waals surface area contributed by atoms with E-state index in [9.17, 15) is 9.18 Å². The van der Waals surface area contributed by atoms with E-state index in [4.69, 9.17) is 9.47 Å². The number of amides is 1. The summed E-state index contributed by atoms with van der Waals surface area (Å²) in [7, 11) is 1.54. The van der Waals surface area contributed by atoms with Crippen LogP contribution in [0.5, 0.6) is 5.75 Å². The van der Waals surface area contributed by atoms with Crippen molar-refractivity contribution in [2.45, 2.75) is 64.6 Å². The Balaban J connectivity index is 2.32. The van der Waals surface area contributed by atoms with Crippen molar-refractivity contribution in [1.82, 2.24) is 4.90 Å². The van der Waals surface area contributed by atoms with E-state index in [1.165, 1.54) is 13.2 Å². The zero-order valence-electron chi connectivity index (χ0n) is 14.7. The molecule has 1 aromatic carbocycles. The highest BCUT2D eigenvalue weighted by Crippen LogP contribution is 2.34. The Morgan fingerprint density at radius 2 is 1.96 bits per heavy atom. The van der Waals surface area contributed by atoms with E-state index in [-0.39, 0.29) is 24.5 Å². The molecule has 0 atom stereocenters. The lowest BCUT2D eigenvalue weighted by molar-refractivity contribution is 0.0143. The van der Waals surface area contributed by atoms with E-state index in [0.717, 1.165) is 25.7 Å². The molecule has 0 heterocycles. The van der Waals surface area contributed by atoms with E-state index in [0.29, 0.717) is 15.8 Å². The standard InChI is InChI=1S/C18H25BrFNO3/c1-18(2,3)24-17(22)21(12-7-5-6-8-12)11-13-15(23-4)10-9-14(20)16(13)19/h9-10,12H,5-8,11H2,1-4H3. The first-order chi connectivity index (χ1) is 11.2. The van der Waals surface area contributed by atoms with Gasteiger partial charge in [0.2, 0.25) is 0 Å². The van der Waals surface area contributed by atoms with Gasteiger partial charge in [0.05, 0.1) is 18.1 Å². The fraction of sp³-hybridized carbons (Fsp3) is 0.611. The van der Waals surface area contributed by atoms with E-state index in [1.807, 2.05) is 20.8 Å². The van der Waals surface area contributed by atoms with Crippen molar-refractivity contribution in [2.24, 2.45) is 0 Å². The molecule has 4 nitrogen and oxygen atoms in total. The molecule has 2 rings (SSSR count). The average molecular weight is 402 g/mol. The summed E-state index contributed by atoms with van der Waals surface area (Å²) < 4.78 is 25.2. The maximum Gasteiger partial charge on any atom is 0.410 e. The summed E-state index contributed by atoms with van der Waals surface area (Å²) in [5, 5.41) is 0. The molecule has 1 fully saturated rings. The summed E-state index contributed by atoms with van der Waals surface area (Å²) >= 11 is 3.29. The number of carbonyl (C=O) groups excluding carboxylic acids is 1. The van der Waals surface area contributed by atoms with Gasteiger partial charge >= 0.3 is 6.09 Å². The Morgan fingerprint density at radius 1 is 1.33 bits per heavy atom. The SMILES string of the molecule is COc1ccc(F)c(Br)c1CN(C(=O)OC(C)(C)C)C1CCCC1. The minimum Gasteiger partial charge on any atom is -0.496 e. The molecule has 0 saturated heterocycles. The first kappa shape index (κ1) is 19.0. The van der Waals surface area contributed by atoms with Crippen LogP contribution in [0.4, 0.5) is 9.18 Å². The highest BCUT2D eigenvalue weighted by atomic mass is 79.9. The third kappa shape index (κ3) is 4.62. The molecule has 1 aliphatic carbocycles. The monoisotopic (exact) mass is 401 g/mol. The molecule has 1 saturated carbocycles.